The van der Waals surface area contributed by atoms with Gasteiger partial charge in [0.1, 0.15) is 6.54 Å². The molecule has 1 rings (SSSR count). The summed E-state index contributed by atoms with van der Waals surface area (Å²) in [7, 11) is -3.18. The van der Waals surface area contributed by atoms with Crippen LogP contribution in [0.5, 0.6) is 0 Å². The number of halogens is 1. The van der Waals surface area contributed by atoms with Crippen molar-refractivity contribution in [2.75, 3.05) is 19.3 Å². The van der Waals surface area contributed by atoms with Crippen LogP contribution in [0.15, 0.2) is 28.7 Å². The largest absolute Gasteiger partial charge is 0.545 e. The highest BCUT2D eigenvalue weighted by Crippen LogP contribution is 2.13. The molecular formula is C10H15BrN2O2S. The highest BCUT2D eigenvalue weighted by atomic mass is 79.9. The average molecular weight is 307 g/mol. The summed E-state index contributed by atoms with van der Waals surface area (Å²) in [5, 5.41) is 2.04. The minimum absolute atomic E-state index is 0.337. The molecule has 1 aromatic rings. The van der Waals surface area contributed by atoms with Crippen molar-refractivity contribution in [2.45, 2.75) is 6.54 Å². The number of rotatable bonds is 6. The maximum absolute atomic E-state index is 10.7. The molecule has 0 saturated heterocycles. The van der Waals surface area contributed by atoms with Crippen LogP contribution < -0.4 is 5.32 Å². The number of hydrogen-bond donors (Lipinski definition) is 1. The smallest absolute Gasteiger partial charge is 0.102 e. The number of nitrogens with zero attached hydrogens (tertiary/aromatic N) is 1. The third-order valence-electron chi connectivity index (χ3n) is 1.98. The van der Waals surface area contributed by atoms with Crippen LogP contribution in [0.4, 0.5) is 0 Å². The first-order chi connectivity index (χ1) is 7.49. The Kier molecular flexibility index (Phi) is 5.40. The number of benzene rings is 1. The molecule has 0 atom stereocenters. The fourth-order valence-electron chi connectivity index (χ4n) is 1.23. The zero-order valence-corrected chi connectivity index (χ0v) is 11.5. The van der Waals surface area contributed by atoms with Gasteiger partial charge in [-0.1, -0.05) is 40.7 Å². The van der Waals surface area contributed by atoms with Crippen molar-refractivity contribution in [2.24, 2.45) is 0 Å². The van der Waals surface area contributed by atoms with Gasteiger partial charge in [-0.3, -0.25) is 0 Å². The van der Waals surface area contributed by atoms with Gasteiger partial charge in [0.25, 0.3) is 0 Å². The Balaban J connectivity index is 2.24. The Morgan fingerprint density at radius 2 is 2.06 bits per heavy atom. The summed E-state index contributed by atoms with van der Waals surface area (Å²) in [4.78, 5) is 0. The molecule has 2 N–H and O–H groups in total. The Hall–Kier alpha value is -0.430. The molecule has 0 unspecified atom stereocenters. The predicted molar refractivity (Wildman–Crippen MR) is 67.7 cm³/mol. The Morgan fingerprint density at radius 3 is 2.69 bits per heavy atom. The van der Waals surface area contributed by atoms with Crippen molar-refractivity contribution >= 4 is 26.0 Å². The summed E-state index contributed by atoms with van der Waals surface area (Å²) in [6.45, 7) is 1.83. The number of quaternary nitrogens is 1. The lowest BCUT2D eigenvalue weighted by atomic mass is 10.2. The quantitative estimate of drug-likeness (QED) is 0.792. The van der Waals surface area contributed by atoms with Crippen LogP contribution in [0.25, 0.3) is 4.72 Å². The van der Waals surface area contributed by atoms with Crippen LogP contribution in [0.3, 0.4) is 0 Å². The van der Waals surface area contributed by atoms with Gasteiger partial charge < -0.3 is 10.0 Å². The maximum Gasteiger partial charge on any atom is 0.102 e. The van der Waals surface area contributed by atoms with Crippen LogP contribution in [-0.2, 0) is 16.6 Å². The number of nitrogens with two attached hydrogens (primary N) is 1. The lowest BCUT2D eigenvalue weighted by Gasteiger charge is -2.14. The zero-order valence-electron chi connectivity index (χ0n) is 9.06. The molecule has 0 aliphatic carbocycles. The van der Waals surface area contributed by atoms with Gasteiger partial charge in [0.05, 0.1) is 16.6 Å². The number of sulfonamides is 1. The molecule has 90 valence electrons. The van der Waals surface area contributed by atoms with E-state index in [1.165, 1.54) is 5.56 Å². The van der Waals surface area contributed by atoms with Crippen LogP contribution in [-0.4, -0.2) is 27.8 Å². The summed E-state index contributed by atoms with van der Waals surface area (Å²) in [5.74, 6) is 0. The molecule has 0 aliphatic heterocycles. The molecule has 0 bridgehead atoms. The van der Waals surface area contributed by atoms with E-state index in [9.17, 15) is 8.42 Å². The van der Waals surface area contributed by atoms with Crippen LogP contribution >= 0.6 is 15.9 Å². The van der Waals surface area contributed by atoms with Crippen LogP contribution in [0.1, 0.15) is 5.56 Å². The third kappa shape index (κ3) is 5.60. The van der Waals surface area contributed by atoms with Crippen molar-refractivity contribution in [3.8, 4) is 0 Å². The SMILES string of the molecule is CS(=O)(=O)[N-]CC[NH2+]Cc1ccccc1Br. The first-order valence-corrected chi connectivity index (χ1v) is 7.57. The highest BCUT2D eigenvalue weighted by Gasteiger charge is 1.98. The van der Waals surface area contributed by atoms with Crippen molar-refractivity contribution < 1.29 is 13.7 Å². The summed E-state index contributed by atoms with van der Waals surface area (Å²) < 4.78 is 26.1. The minimum atomic E-state index is -3.18. The first kappa shape index (κ1) is 13.6. The molecule has 0 amide bonds. The molecule has 0 saturated carbocycles. The Morgan fingerprint density at radius 1 is 1.38 bits per heavy atom. The molecule has 0 fully saturated rings. The van der Waals surface area contributed by atoms with Gasteiger partial charge in [0, 0.05) is 16.3 Å². The van der Waals surface area contributed by atoms with Gasteiger partial charge in [-0.15, -0.1) is 0 Å². The van der Waals surface area contributed by atoms with Crippen molar-refractivity contribution in [3.05, 3.63) is 39.0 Å². The standard InChI is InChI=1S/C10H14BrN2O2S/c1-16(14,15)13-7-6-12-8-9-4-2-3-5-10(9)11/h2-5,12H,6-8H2,1H3/q-1/p+1. The molecule has 16 heavy (non-hydrogen) atoms. The summed E-state index contributed by atoms with van der Waals surface area (Å²) >= 11 is 3.46. The second kappa shape index (κ2) is 6.34. The van der Waals surface area contributed by atoms with Crippen molar-refractivity contribution in [1.29, 1.82) is 0 Å². The monoisotopic (exact) mass is 306 g/mol. The third-order valence-corrected chi connectivity index (χ3v) is 3.41. The molecule has 4 nitrogen and oxygen atoms in total. The van der Waals surface area contributed by atoms with E-state index in [0.29, 0.717) is 13.1 Å². The van der Waals surface area contributed by atoms with Crippen LogP contribution in [0.2, 0.25) is 0 Å². The average Bonchev–Trinajstić information content (AvgIpc) is 2.18. The molecule has 0 aromatic heterocycles. The maximum atomic E-state index is 10.7. The van der Waals surface area contributed by atoms with E-state index in [1.807, 2.05) is 29.6 Å². The molecule has 0 spiro atoms. The first-order valence-electron chi connectivity index (χ1n) is 4.93. The fraction of sp³-hybridized carbons (Fsp3) is 0.400. The molecule has 0 heterocycles. The van der Waals surface area contributed by atoms with Gasteiger partial charge in [0.2, 0.25) is 0 Å². The van der Waals surface area contributed by atoms with Crippen LogP contribution in [0, 0.1) is 0 Å². The lowest BCUT2D eigenvalue weighted by molar-refractivity contribution is -0.667. The minimum Gasteiger partial charge on any atom is -0.545 e. The molecule has 1 aromatic carbocycles. The summed E-state index contributed by atoms with van der Waals surface area (Å²) in [5.41, 5.74) is 1.20. The van der Waals surface area contributed by atoms with Gasteiger partial charge in [-0.05, 0) is 6.07 Å². The predicted octanol–water partition coefficient (Wildman–Crippen LogP) is 0.846. The van der Waals surface area contributed by atoms with E-state index >= 15 is 0 Å². The number of hydrogen-bond acceptors (Lipinski definition) is 2. The zero-order chi connectivity index (χ0) is 12.0. The molecular weight excluding hydrogens is 292 g/mol. The van der Waals surface area contributed by atoms with Crippen molar-refractivity contribution in [3.63, 3.8) is 0 Å². The van der Waals surface area contributed by atoms with E-state index in [1.54, 1.807) is 0 Å². The lowest BCUT2D eigenvalue weighted by Crippen LogP contribution is -2.83. The van der Waals surface area contributed by atoms with Gasteiger partial charge in [0.15, 0.2) is 0 Å². The van der Waals surface area contributed by atoms with Gasteiger partial charge in [-0.25, -0.2) is 8.42 Å². The molecule has 0 aliphatic rings. The normalized spacial score (nSPS) is 11.6. The highest BCUT2D eigenvalue weighted by molar-refractivity contribution is 9.10. The van der Waals surface area contributed by atoms with E-state index < -0.39 is 10.0 Å². The second-order valence-electron chi connectivity index (χ2n) is 3.46. The van der Waals surface area contributed by atoms with E-state index in [-0.39, 0.29) is 0 Å². The van der Waals surface area contributed by atoms with E-state index in [2.05, 4.69) is 20.7 Å². The topological polar surface area (TPSA) is 64.8 Å². The van der Waals surface area contributed by atoms with Crippen molar-refractivity contribution in [1.82, 2.24) is 0 Å². The summed E-state index contributed by atoms with van der Waals surface area (Å²) in [6.07, 6.45) is 1.11. The van der Waals surface area contributed by atoms with E-state index in [0.717, 1.165) is 17.3 Å². The fourth-order valence-corrected chi connectivity index (χ4v) is 2.12. The van der Waals surface area contributed by atoms with Gasteiger partial charge in [-0.2, -0.15) is 0 Å². The Bertz CT molecular complexity index is 434. The van der Waals surface area contributed by atoms with Gasteiger partial charge >= 0.3 is 0 Å². The van der Waals surface area contributed by atoms with E-state index in [4.69, 9.17) is 0 Å². The summed E-state index contributed by atoms with van der Waals surface area (Å²) in [6, 6.07) is 7.97. The Labute approximate surface area is 105 Å². The molecule has 6 heteroatoms. The second-order valence-corrected chi connectivity index (χ2v) is 6.04. The molecule has 0 radical (unpaired) electrons.